The molecule has 2 aliphatic heterocycles. The summed E-state index contributed by atoms with van der Waals surface area (Å²) in [5, 5.41) is 0.593. The first-order valence-corrected chi connectivity index (χ1v) is 10.1. The molecule has 1 spiro atoms. The van der Waals surface area contributed by atoms with E-state index in [2.05, 4.69) is 0 Å². The van der Waals surface area contributed by atoms with E-state index in [0.29, 0.717) is 30.2 Å². The van der Waals surface area contributed by atoms with Crippen molar-refractivity contribution in [3.8, 4) is 0 Å². The fourth-order valence-electron chi connectivity index (χ4n) is 3.90. The van der Waals surface area contributed by atoms with Crippen LogP contribution < -0.4 is 0 Å². The summed E-state index contributed by atoms with van der Waals surface area (Å²) in [6.07, 6.45) is 4.59. The number of nitrogens with zero attached hydrogens (tertiary/aromatic N) is 2. The number of carbonyl (C=O) groups is 1. The molecule has 0 N–H and O–H groups in total. The Kier molecular flexibility index (Phi) is 4.42. The lowest BCUT2D eigenvalue weighted by atomic mass is 9.87. The highest BCUT2D eigenvalue weighted by Crippen LogP contribution is 2.39. The van der Waals surface area contributed by atoms with Crippen LogP contribution in [0.4, 0.5) is 0 Å². The molecule has 1 atom stereocenters. The Hall–Kier alpha value is -1.11. The summed E-state index contributed by atoms with van der Waals surface area (Å²) >= 11 is 5.87. The molecule has 0 bridgehead atoms. The van der Waals surface area contributed by atoms with Crippen molar-refractivity contribution in [2.45, 2.75) is 31.2 Å². The molecule has 0 saturated carbocycles. The molecule has 7 heteroatoms. The molecular weight excluding hydrogens is 336 g/mol. The Bertz CT molecular complexity index is 705. The van der Waals surface area contributed by atoms with Gasteiger partial charge >= 0.3 is 0 Å². The molecular formula is C16H21ClN2O3S. The molecule has 2 heterocycles. The average Bonchev–Trinajstić information content (AvgIpc) is 2.90. The molecule has 2 fully saturated rings. The van der Waals surface area contributed by atoms with Gasteiger partial charge in [-0.05, 0) is 49.9 Å². The minimum Gasteiger partial charge on any atom is -0.337 e. The van der Waals surface area contributed by atoms with Gasteiger partial charge in [0.2, 0.25) is 10.0 Å². The van der Waals surface area contributed by atoms with Crippen LogP contribution in [0.2, 0.25) is 5.02 Å². The van der Waals surface area contributed by atoms with E-state index in [-0.39, 0.29) is 5.91 Å². The zero-order chi connectivity index (χ0) is 16.7. The normalized spacial score (nSPS) is 25.9. The van der Waals surface area contributed by atoms with Crippen LogP contribution in [0, 0.1) is 0 Å². The van der Waals surface area contributed by atoms with Gasteiger partial charge in [-0.15, -0.1) is 0 Å². The third-order valence-corrected chi connectivity index (χ3v) is 6.49. The monoisotopic (exact) mass is 356 g/mol. The van der Waals surface area contributed by atoms with Crippen molar-refractivity contribution < 1.29 is 13.2 Å². The molecule has 1 amide bonds. The summed E-state index contributed by atoms with van der Waals surface area (Å²) in [4.78, 5) is 14.5. The number of halogens is 1. The van der Waals surface area contributed by atoms with Crippen molar-refractivity contribution in [1.82, 2.24) is 9.21 Å². The number of amides is 1. The third kappa shape index (κ3) is 3.25. The van der Waals surface area contributed by atoms with Gasteiger partial charge in [-0.25, -0.2) is 8.42 Å². The standard InChI is InChI=1S/C16H21ClN2O3S/c1-23(21,22)19-11-3-9-16(19)8-2-10-18(12-16)15(20)13-4-6-14(17)7-5-13/h4-7H,2-3,8-12H2,1H3. The van der Waals surface area contributed by atoms with Gasteiger partial charge in [0.15, 0.2) is 0 Å². The predicted molar refractivity (Wildman–Crippen MR) is 90.1 cm³/mol. The Morgan fingerprint density at radius 3 is 2.35 bits per heavy atom. The number of rotatable bonds is 2. The van der Waals surface area contributed by atoms with Crippen molar-refractivity contribution in [2.75, 3.05) is 25.9 Å². The van der Waals surface area contributed by atoms with Gasteiger partial charge in [0, 0.05) is 30.2 Å². The van der Waals surface area contributed by atoms with Crippen LogP contribution in [0.25, 0.3) is 0 Å². The van der Waals surface area contributed by atoms with Gasteiger partial charge in [-0.3, -0.25) is 4.79 Å². The Balaban J connectivity index is 1.83. The van der Waals surface area contributed by atoms with Gasteiger partial charge in [0.25, 0.3) is 5.91 Å². The first-order chi connectivity index (χ1) is 10.8. The summed E-state index contributed by atoms with van der Waals surface area (Å²) in [6, 6.07) is 6.84. The second kappa shape index (κ2) is 6.07. The molecule has 0 aromatic heterocycles. The highest BCUT2D eigenvalue weighted by molar-refractivity contribution is 7.88. The van der Waals surface area contributed by atoms with E-state index in [0.717, 1.165) is 25.7 Å². The largest absolute Gasteiger partial charge is 0.337 e. The van der Waals surface area contributed by atoms with Crippen LogP contribution in [-0.2, 0) is 10.0 Å². The highest BCUT2D eigenvalue weighted by Gasteiger charge is 2.48. The molecule has 126 valence electrons. The topological polar surface area (TPSA) is 57.7 Å². The van der Waals surface area contributed by atoms with Crippen molar-refractivity contribution in [3.63, 3.8) is 0 Å². The van der Waals surface area contributed by atoms with Crippen molar-refractivity contribution in [2.24, 2.45) is 0 Å². The zero-order valence-electron chi connectivity index (χ0n) is 13.2. The van der Waals surface area contributed by atoms with Crippen LogP contribution in [0.3, 0.4) is 0 Å². The number of hydrogen-bond donors (Lipinski definition) is 0. The van der Waals surface area contributed by atoms with E-state index in [1.54, 1.807) is 33.5 Å². The molecule has 0 aliphatic carbocycles. The summed E-state index contributed by atoms with van der Waals surface area (Å²) in [6.45, 7) is 1.70. The summed E-state index contributed by atoms with van der Waals surface area (Å²) in [5.74, 6) is -0.0545. The van der Waals surface area contributed by atoms with Crippen molar-refractivity contribution in [1.29, 1.82) is 0 Å². The third-order valence-electron chi connectivity index (χ3n) is 4.87. The van der Waals surface area contributed by atoms with E-state index in [1.165, 1.54) is 6.26 Å². The predicted octanol–water partition coefficient (Wildman–Crippen LogP) is 2.37. The van der Waals surface area contributed by atoms with Crippen molar-refractivity contribution in [3.05, 3.63) is 34.9 Å². The van der Waals surface area contributed by atoms with Gasteiger partial charge in [0.1, 0.15) is 0 Å². The fourth-order valence-corrected chi connectivity index (χ4v) is 5.43. The van der Waals surface area contributed by atoms with E-state index in [4.69, 9.17) is 11.6 Å². The minimum absolute atomic E-state index is 0.0545. The van der Waals surface area contributed by atoms with Crippen LogP contribution in [-0.4, -0.2) is 55.0 Å². The first kappa shape index (κ1) is 16.7. The molecule has 3 rings (SSSR count). The lowest BCUT2D eigenvalue weighted by Gasteiger charge is -2.44. The number of hydrogen-bond acceptors (Lipinski definition) is 3. The SMILES string of the molecule is CS(=O)(=O)N1CCCC12CCCN(C(=O)c1ccc(Cl)cc1)C2. The number of sulfonamides is 1. The average molecular weight is 357 g/mol. The molecule has 1 aromatic carbocycles. The molecule has 2 aliphatic rings. The molecule has 2 saturated heterocycles. The van der Waals surface area contributed by atoms with Crippen LogP contribution >= 0.6 is 11.6 Å². The van der Waals surface area contributed by atoms with Crippen LogP contribution in [0.5, 0.6) is 0 Å². The second-order valence-corrected chi connectivity index (χ2v) is 8.84. The summed E-state index contributed by atoms with van der Waals surface area (Å²) < 4.78 is 25.8. The molecule has 1 unspecified atom stereocenters. The van der Waals surface area contributed by atoms with E-state index >= 15 is 0 Å². The number of likely N-dealkylation sites (tertiary alicyclic amines) is 1. The van der Waals surface area contributed by atoms with E-state index in [1.807, 2.05) is 0 Å². The van der Waals surface area contributed by atoms with Gasteiger partial charge < -0.3 is 4.90 Å². The Morgan fingerprint density at radius 1 is 1.13 bits per heavy atom. The number of benzene rings is 1. The van der Waals surface area contributed by atoms with Crippen LogP contribution in [0.1, 0.15) is 36.0 Å². The fraction of sp³-hybridized carbons (Fsp3) is 0.562. The quantitative estimate of drug-likeness (QED) is 0.817. The maximum Gasteiger partial charge on any atom is 0.253 e. The Labute approximate surface area is 142 Å². The summed E-state index contributed by atoms with van der Waals surface area (Å²) in [5.41, 5.74) is 0.170. The lowest BCUT2D eigenvalue weighted by molar-refractivity contribution is 0.0524. The smallest absolute Gasteiger partial charge is 0.253 e. The minimum atomic E-state index is -3.25. The van der Waals surface area contributed by atoms with E-state index < -0.39 is 15.6 Å². The lowest BCUT2D eigenvalue weighted by Crippen LogP contribution is -2.58. The zero-order valence-corrected chi connectivity index (χ0v) is 14.7. The van der Waals surface area contributed by atoms with E-state index in [9.17, 15) is 13.2 Å². The summed E-state index contributed by atoms with van der Waals surface area (Å²) in [7, 11) is -3.25. The molecule has 1 aromatic rings. The highest BCUT2D eigenvalue weighted by atomic mass is 35.5. The second-order valence-electron chi connectivity index (χ2n) is 6.50. The maximum atomic E-state index is 12.7. The van der Waals surface area contributed by atoms with Gasteiger partial charge in [-0.1, -0.05) is 11.6 Å². The van der Waals surface area contributed by atoms with Gasteiger partial charge in [0.05, 0.1) is 11.8 Å². The number of carbonyl (C=O) groups excluding carboxylic acids is 1. The molecule has 23 heavy (non-hydrogen) atoms. The number of piperidine rings is 1. The maximum absolute atomic E-state index is 12.7. The Morgan fingerprint density at radius 2 is 1.74 bits per heavy atom. The molecule has 5 nitrogen and oxygen atoms in total. The first-order valence-electron chi connectivity index (χ1n) is 7.85. The molecule has 0 radical (unpaired) electrons. The van der Waals surface area contributed by atoms with Crippen molar-refractivity contribution >= 4 is 27.5 Å². The van der Waals surface area contributed by atoms with Crippen LogP contribution in [0.15, 0.2) is 24.3 Å². The van der Waals surface area contributed by atoms with Gasteiger partial charge in [-0.2, -0.15) is 4.31 Å².